The molecule has 3 rings (SSSR count). The van der Waals surface area contributed by atoms with E-state index in [-0.39, 0.29) is 17.4 Å². The SMILES string of the molecule is COc1ccc(C(NC(=O)CN2CCC(C)(CN)C2)C2CC2)cc1. The molecule has 1 saturated carbocycles. The van der Waals surface area contributed by atoms with Crippen LogP contribution in [-0.4, -0.2) is 44.1 Å². The maximum absolute atomic E-state index is 12.5. The van der Waals surface area contributed by atoms with Crippen LogP contribution < -0.4 is 15.8 Å². The Balaban J connectivity index is 1.58. The number of benzene rings is 1. The van der Waals surface area contributed by atoms with Gasteiger partial charge in [0.2, 0.25) is 5.91 Å². The number of nitrogens with two attached hydrogens (primary N) is 1. The number of ether oxygens (including phenoxy) is 1. The van der Waals surface area contributed by atoms with Crippen molar-refractivity contribution in [2.24, 2.45) is 17.1 Å². The molecule has 132 valence electrons. The first-order valence-corrected chi connectivity index (χ1v) is 8.89. The Morgan fingerprint density at radius 3 is 2.67 bits per heavy atom. The van der Waals surface area contributed by atoms with E-state index in [0.29, 0.717) is 19.0 Å². The Labute approximate surface area is 144 Å². The fourth-order valence-corrected chi connectivity index (χ4v) is 3.56. The third-order valence-corrected chi connectivity index (χ3v) is 5.38. The van der Waals surface area contributed by atoms with Crippen molar-refractivity contribution in [2.75, 3.05) is 33.3 Å². The van der Waals surface area contributed by atoms with E-state index in [4.69, 9.17) is 10.5 Å². The number of hydrogen-bond donors (Lipinski definition) is 2. The van der Waals surface area contributed by atoms with Crippen LogP contribution in [0.15, 0.2) is 24.3 Å². The van der Waals surface area contributed by atoms with Gasteiger partial charge in [0.25, 0.3) is 0 Å². The molecule has 0 bridgehead atoms. The summed E-state index contributed by atoms with van der Waals surface area (Å²) < 4.78 is 5.22. The molecule has 2 atom stereocenters. The smallest absolute Gasteiger partial charge is 0.234 e. The van der Waals surface area contributed by atoms with Crippen LogP contribution in [0.1, 0.15) is 37.8 Å². The van der Waals surface area contributed by atoms with Crippen LogP contribution in [0.3, 0.4) is 0 Å². The number of hydrogen-bond acceptors (Lipinski definition) is 4. The molecular formula is C19H29N3O2. The molecule has 2 aliphatic rings. The van der Waals surface area contributed by atoms with Crippen LogP contribution in [0.2, 0.25) is 0 Å². The molecule has 2 fully saturated rings. The highest BCUT2D eigenvalue weighted by molar-refractivity contribution is 5.78. The monoisotopic (exact) mass is 331 g/mol. The van der Waals surface area contributed by atoms with Gasteiger partial charge in [0, 0.05) is 6.54 Å². The molecule has 0 spiro atoms. The van der Waals surface area contributed by atoms with E-state index in [1.54, 1.807) is 7.11 Å². The van der Waals surface area contributed by atoms with Crippen molar-refractivity contribution < 1.29 is 9.53 Å². The van der Waals surface area contributed by atoms with Crippen molar-refractivity contribution in [2.45, 2.75) is 32.2 Å². The van der Waals surface area contributed by atoms with Gasteiger partial charge in [-0.15, -0.1) is 0 Å². The van der Waals surface area contributed by atoms with Crippen molar-refractivity contribution in [3.63, 3.8) is 0 Å². The lowest BCUT2D eigenvalue weighted by molar-refractivity contribution is -0.123. The first-order valence-electron chi connectivity index (χ1n) is 8.89. The fourth-order valence-electron chi connectivity index (χ4n) is 3.56. The molecule has 1 aliphatic heterocycles. The van der Waals surface area contributed by atoms with Gasteiger partial charge in [-0.1, -0.05) is 19.1 Å². The maximum Gasteiger partial charge on any atom is 0.234 e. The second-order valence-corrected chi connectivity index (χ2v) is 7.63. The number of amides is 1. The summed E-state index contributed by atoms with van der Waals surface area (Å²) in [7, 11) is 1.67. The molecule has 1 aromatic rings. The molecule has 1 aliphatic carbocycles. The number of rotatable bonds is 7. The topological polar surface area (TPSA) is 67.6 Å². The fraction of sp³-hybridized carbons (Fsp3) is 0.632. The highest BCUT2D eigenvalue weighted by atomic mass is 16.5. The largest absolute Gasteiger partial charge is 0.497 e. The van der Waals surface area contributed by atoms with Gasteiger partial charge in [0.15, 0.2) is 0 Å². The molecular weight excluding hydrogens is 302 g/mol. The Bertz CT molecular complexity index is 570. The second-order valence-electron chi connectivity index (χ2n) is 7.63. The van der Waals surface area contributed by atoms with Gasteiger partial charge in [-0.2, -0.15) is 0 Å². The molecule has 5 nitrogen and oxygen atoms in total. The minimum absolute atomic E-state index is 0.115. The number of methoxy groups -OCH3 is 1. The molecule has 1 saturated heterocycles. The summed E-state index contributed by atoms with van der Waals surface area (Å²) in [6.07, 6.45) is 3.44. The number of nitrogens with zero attached hydrogens (tertiary/aromatic N) is 1. The normalized spacial score (nSPS) is 25.5. The Morgan fingerprint density at radius 2 is 2.12 bits per heavy atom. The van der Waals surface area contributed by atoms with Crippen molar-refractivity contribution in [1.29, 1.82) is 0 Å². The van der Waals surface area contributed by atoms with Gasteiger partial charge < -0.3 is 15.8 Å². The molecule has 3 N–H and O–H groups in total. The second kappa shape index (κ2) is 7.11. The molecule has 1 heterocycles. The zero-order valence-corrected chi connectivity index (χ0v) is 14.8. The molecule has 1 aromatic carbocycles. The minimum atomic E-state index is 0.115. The van der Waals surface area contributed by atoms with E-state index in [1.807, 2.05) is 12.1 Å². The van der Waals surface area contributed by atoms with Gasteiger partial charge in [-0.25, -0.2) is 0 Å². The Kier molecular flexibility index (Phi) is 5.11. The van der Waals surface area contributed by atoms with Crippen molar-refractivity contribution >= 4 is 5.91 Å². The Hall–Kier alpha value is -1.59. The lowest BCUT2D eigenvalue weighted by Crippen LogP contribution is -2.40. The quantitative estimate of drug-likeness (QED) is 0.801. The summed E-state index contributed by atoms with van der Waals surface area (Å²) in [5.41, 5.74) is 7.18. The maximum atomic E-state index is 12.5. The summed E-state index contributed by atoms with van der Waals surface area (Å²) in [6.45, 7) is 5.22. The third-order valence-electron chi connectivity index (χ3n) is 5.38. The lowest BCUT2D eigenvalue weighted by Gasteiger charge is -2.24. The van der Waals surface area contributed by atoms with Gasteiger partial charge >= 0.3 is 0 Å². The summed E-state index contributed by atoms with van der Waals surface area (Å²) in [6, 6.07) is 8.16. The molecule has 0 radical (unpaired) electrons. The lowest BCUT2D eigenvalue weighted by atomic mass is 9.90. The zero-order chi connectivity index (χ0) is 17.2. The minimum Gasteiger partial charge on any atom is -0.497 e. The number of nitrogens with one attached hydrogen (secondary N) is 1. The summed E-state index contributed by atoms with van der Waals surface area (Å²) in [5.74, 6) is 1.52. The van der Waals surface area contributed by atoms with Gasteiger partial charge in [-0.05, 0) is 61.4 Å². The molecule has 5 heteroatoms. The van der Waals surface area contributed by atoms with Crippen LogP contribution >= 0.6 is 0 Å². The number of carbonyl (C=O) groups excluding carboxylic acids is 1. The first kappa shape index (κ1) is 17.2. The number of likely N-dealkylation sites (tertiary alicyclic amines) is 1. The van der Waals surface area contributed by atoms with Crippen LogP contribution in [0, 0.1) is 11.3 Å². The standard InChI is InChI=1S/C19H29N3O2/c1-19(12-20)9-10-22(13-19)11-17(23)21-18(14-3-4-14)15-5-7-16(24-2)8-6-15/h5-8,14,18H,3-4,9-13,20H2,1-2H3,(H,21,23). The average Bonchev–Trinajstić information content (AvgIpc) is 3.37. The van der Waals surface area contributed by atoms with Gasteiger partial charge in [0.05, 0.1) is 19.7 Å². The third kappa shape index (κ3) is 4.08. The molecule has 0 aromatic heterocycles. The van der Waals surface area contributed by atoms with Crippen LogP contribution in [0.25, 0.3) is 0 Å². The highest BCUT2D eigenvalue weighted by Crippen LogP contribution is 2.41. The summed E-state index contributed by atoms with van der Waals surface area (Å²) >= 11 is 0. The molecule has 2 unspecified atom stereocenters. The zero-order valence-electron chi connectivity index (χ0n) is 14.8. The number of carbonyl (C=O) groups is 1. The Morgan fingerprint density at radius 1 is 1.42 bits per heavy atom. The van der Waals surface area contributed by atoms with E-state index in [0.717, 1.165) is 25.3 Å². The van der Waals surface area contributed by atoms with Crippen molar-refractivity contribution in [3.8, 4) is 5.75 Å². The van der Waals surface area contributed by atoms with Crippen molar-refractivity contribution in [1.82, 2.24) is 10.2 Å². The van der Waals surface area contributed by atoms with E-state index in [1.165, 1.54) is 18.4 Å². The van der Waals surface area contributed by atoms with E-state index in [2.05, 4.69) is 29.3 Å². The van der Waals surface area contributed by atoms with E-state index in [9.17, 15) is 4.79 Å². The van der Waals surface area contributed by atoms with Crippen LogP contribution in [-0.2, 0) is 4.79 Å². The average molecular weight is 331 g/mol. The van der Waals surface area contributed by atoms with E-state index < -0.39 is 0 Å². The van der Waals surface area contributed by atoms with Crippen LogP contribution in [0.4, 0.5) is 0 Å². The van der Waals surface area contributed by atoms with Gasteiger partial charge in [-0.3, -0.25) is 9.69 Å². The van der Waals surface area contributed by atoms with Crippen molar-refractivity contribution in [3.05, 3.63) is 29.8 Å². The predicted octanol–water partition coefficient (Wildman–Crippen LogP) is 1.93. The summed E-state index contributed by atoms with van der Waals surface area (Å²) in [5, 5.41) is 3.25. The highest BCUT2D eigenvalue weighted by Gasteiger charge is 2.36. The van der Waals surface area contributed by atoms with E-state index >= 15 is 0 Å². The van der Waals surface area contributed by atoms with Crippen LogP contribution in [0.5, 0.6) is 5.75 Å². The van der Waals surface area contributed by atoms with Gasteiger partial charge in [0.1, 0.15) is 5.75 Å². The molecule has 24 heavy (non-hydrogen) atoms. The summed E-state index contributed by atoms with van der Waals surface area (Å²) in [4.78, 5) is 14.8. The predicted molar refractivity (Wildman–Crippen MR) is 94.8 cm³/mol. The first-order chi connectivity index (χ1) is 11.5. The molecule has 1 amide bonds.